The van der Waals surface area contributed by atoms with E-state index < -0.39 is 7.12 Å². The first kappa shape index (κ1) is 9.67. The van der Waals surface area contributed by atoms with Gasteiger partial charge in [-0.3, -0.25) is 0 Å². The molecule has 0 saturated carbocycles. The minimum absolute atomic E-state index is 0.208. The van der Waals surface area contributed by atoms with E-state index in [1.807, 2.05) is 0 Å². The van der Waals surface area contributed by atoms with E-state index in [9.17, 15) is 0 Å². The molecule has 0 unspecified atom stereocenters. The van der Waals surface area contributed by atoms with Gasteiger partial charge in [-0.05, 0) is 17.6 Å². The summed E-state index contributed by atoms with van der Waals surface area (Å²) in [6.45, 7) is 0. The SMILES string of the molecule is Nc1cc(B(O)O)cc(Cl)c1Cl. The molecule has 0 bridgehead atoms. The molecule has 1 aromatic carbocycles. The predicted octanol–water partition coefficient (Wildman–Crippen LogP) is 0.255. The fourth-order valence-corrected chi connectivity index (χ4v) is 1.13. The lowest BCUT2D eigenvalue weighted by molar-refractivity contribution is 0.426. The molecule has 12 heavy (non-hydrogen) atoms. The summed E-state index contributed by atoms with van der Waals surface area (Å²) in [6.07, 6.45) is 0. The van der Waals surface area contributed by atoms with Crippen molar-refractivity contribution in [1.29, 1.82) is 0 Å². The van der Waals surface area contributed by atoms with Gasteiger partial charge in [0.1, 0.15) is 0 Å². The van der Waals surface area contributed by atoms with Gasteiger partial charge in [0.2, 0.25) is 0 Å². The number of nitrogen functional groups attached to an aromatic ring is 1. The van der Waals surface area contributed by atoms with Crippen LogP contribution in [-0.4, -0.2) is 17.2 Å². The van der Waals surface area contributed by atoms with E-state index >= 15 is 0 Å². The Balaban J connectivity index is 3.21. The molecule has 4 N–H and O–H groups in total. The van der Waals surface area contributed by atoms with Crippen LogP contribution in [0.2, 0.25) is 10.0 Å². The Hall–Kier alpha value is -0.415. The van der Waals surface area contributed by atoms with Gasteiger partial charge in [0, 0.05) is 0 Å². The lowest BCUT2D eigenvalue weighted by Gasteiger charge is -2.04. The quantitative estimate of drug-likeness (QED) is 0.455. The lowest BCUT2D eigenvalue weighted by atomic mass is 9.80. The lowest BCUT2D eigenvalue weighted by Crippen LogP contribution is -2.30. The van der Waals surface area contributed by atoms with Crippen molar-refractivity contribution >= 4 is 41.5 Å². The fourth-order valence-electron chi connectivity index (χ4n) is 0.781. The van der Waals surface area contributed by atoms with Crippen molar-refractivity contribution < 1.29 is 10.0 Å². The second kappa shape index (κ2) is 3.54. The van der Waals surface area contributed by atoms with Crippen LogP contribution in [0.4, 0.5) is 5.69 Å². The van der Waals surface area contributed by atoms with Gasteiger partial charge in [0.25, 0.3) is 0 Å². The van der Waals surface area contributed by atoms with Gasteiger partial charge in [0.05, 0.1) is 15.7 Å². The summed E-state index contributed by atoms with van der Waals surface area (Å²) in [7, 11) is -1.58. The summed E-state index contributed by atoms with van der Waals surface area (Å²) in [5.74, 6) is 0. The van der Waals surface area contributed by atoms with Crippen molar-refractivity contribution in [2.24, 2.45) is 0 Å². The van der Waals surface area contributed by atoms with Crippen LogP contribution in [-0.2, 0) is 0 Å². The number of hydrogen-bond donors (Lipinski definition) is 3. The van der Waals surface area contributed by atoms with Crippen LogP contribution in [0.1, 0.15) is 0 Å². The maximum Gasteiger partial charge on any atom is 0.488 e. The van der Waals surface area contributed by atoms with Crippen molar-refractivity contribution in [3.05, 3.63) is 22.2 Å². The van der Waals surface area contributed by atoms with Gasteiger partial charge in [-0.15, -0.1) is 0 Å². The number of halogens is 2. The zero-order valence-corrected chi connectivity index (χ0v) is 7.47. The number of nitrogens with two attached hydrogens (primary N) is 1. The van der Waals surface area contributed by atoms with E-state index in [1.54, 1.807) is 0 Å². The van der Waals surface area contributed by atoms with Crippen LogP contribution in [0.3, 0.4) is 0 Å². The van der Waals surface area contributed by atoms with Crippen LogP contribution in [0.5, 0.6) is 0 Å². The summed E-state index contributed by atoms with van der Waals surface area (Å²) in [6, 6.07) is 2.71. The first-order chi connectivity index (χ1) is 5.52. The second-order valence-corrected chi connectivity index (χ2v) is 3.06. The molecule has 0 atom stereocenters. The fraction of sp³-hybridized carbons (Fsp3) is 0. The van der Waals surface area contributed by atoms with E-state index in [2.05, 4.69) is 0 Å². The van der Waals surface area contributed by atoms with Crippen LogP contribution in [0, 0.1) is 0 Å². The van der Waals surface area contributed by atoms with E-state index in [-0.39, 0.29) is 21.2 Å². The van der Waals surface area contributed by atoms with Gasteiger partial charge in [-0.1, -0.05) is 23.2 Å². The van der Waals surface area contributed by atoms with Crippen molar-refractivity contribution in [3.63, 3.8) is 0 Å². The van der Waals surface area contributed by atoms with E-state index in [4.69, 9.17) is 39.0 Å². The van der Waals surface area contributed by atoms with Gasteiger partial charge < -0.3 is 15.8 Å². The molecule has 0 radical (unpaired) electrons. The molecule has 0 aliphatic carbocycles. The average Bonchev–Trinajstić information content (AvgIpc) is 1.99. The Morgan fingerprint density at radius 3 is 2.25 bits per heavy atom. The summed E-state index contributed by atoms with van der Waals surface area (Å²) in [5, 5.41) is 18.0. The van der Waals surface area contributed by atoms with Gasteiger partial charge in [-0.2, -0.15) is 0 Å². The predicted molar refractivity (Wildman–Crippen MR) is 50.7 cm³/mol. The molecular formula is C6H6BCl2NO2. The number of hydrogen-bond acceptors (Lipinski definition) is 3. The van der Waals surface area contributed by atoms with Gasteiger partial charge >= 0.3 is 7.12 Å². The molecule has 64 valence electrons. The Morgan fingerprint density at radius 1 is 1.25 bits per heavy atom. The van der Waals surface area contributed by atoms with Crippen molar-refractivity contribution in [3.8, 4) is 0 Å². The van der Waals surface area contributed by atoms with E-state index in [1.165, 1.54) is 12.1 Å². The van der Waals surface area contributed by atoms with Crippen LogP contribution in [0.15, 0.2) is 12.1 Å². The van der Waals surface area contributed by atoms with Crippen LogP contribution in [0.25, 0.3) is 0 Å². The molecule has 0 fully saturated rings. The third kappa shape index (κ3) is 1.84. The topological polar surface area (TPSA) is 66.5 Å². The zero-order chi connectivity index (χ0) is 9.30. The molecule has 0 heterocycles. The average molecular weight is 206 g/mol. The molecular weight excluding hydrogens is 200 g/mol. The second-order valence-electron chi connectivity index (χ2n) is 2.28. The highest BCUT2D eigenvalue weighted by atomic mass is 35.5. The molecule has 3 nitrogen and oxygen atoms in total. The molecule has 6 heteroatoms. The molecule has 0 aliphatic heterocycles. The van der Waals surface area contributed by atoms with Crippen molar-refractivity contribution in [2.75, 3.05) is 5.73 Å². The minimum Gasteiger partial charge on any atom is -0.423 e. The molecule has 0 spiro atoms. The van der Waals surface area contributed by atoms with Gasteiger partial charge in [0.15, 0.2) is 0 Å². The standard InChI is InChI=1S/C6H6BCl2NO2/c8-4-1-3(7(11)12)2-5(10)6(4)9/h1-2,11-12H,10H2. The molecule has 1 aromatic rings. The number of anilines is 1. The monoisotopic (exact) mass is 205 g/mol. The van der Waals surface area contributed by atoms with Crippen molar-refractivity contribution in [2.45, 2.75) is 0 Å². The van der Waals surface area contributed by atoms with E-state index in [0.29, 0.717) is 0 Å². The normalized spacial score (nSPS) is 10.0. The molecule has 0 aromatic heterocycles. The summed E-state index contributed by atoms with van der Waals surface area (Å²) >= 11 is 11.3. The number of rotatable bonds is 1. The minimum atomic E-state index is -1.58. The molecule has 1 rings (SSSR count). The molecule has 0 aliphatic rings. The van der Waals surface area contributed by atoms with E-state index in [0.717, 1.165) is 0 Å². The maximum absolute atomic E-state index is 8.76. The number of benzene rings is 1. The summed E-state index contributed by atoms with van der Waals surface area (Å²) in [5.41, 5.74) is 5.87. The Bertz CT molecular complexity index is 283. The van der Waals surface area contributed by atoms with Crippen molar-refractivity contribution in [1.82, 2.24) is 0 Å². The molecule has 0 saturated heterocycles. The Morgan fingerprint density at radius 2 is 1.83 bits per heavy atom. The first-order valence-electron chi connectivity index (χ1n) is 3.13. The molecule has 0 amide bonds. The highest BCUT2D eigenvalue weighted by Crippen LogP contribution is 2.26. The Labute approximate surface area is 79.9 Å². The highest BCUT2D eigenvalue weighted by Gasteiger charge is 2.14. The van der Waals surface area contributed by atoms with Gasteiger partial charge in [-0.25, -0.2) is 0 Å². The summed E-state index contributed by atoms with van der Waals surface area (Å²) in [4.78, 5) is 0. The largest absolute Gasteiger partial charge is 0.488 e. The third-order valence-electron chi connectivity index (χ3n) is 1.38. The maximum atomic E-state index is 8.76. The highest BCUT2D eigenvalue weighted by molar-refractivity contribution is 6.59. The van der Waals surface area contributed by atoms with Crippen LogP contribution < -0.4 is 11.2 Å². The smallest absolute Gasteiger partial charge is 0.423 e. The Kier molecular flexibility index (Phi) is 2.85. The zero-order valence-electron chi connectivity index (χ0n) is 5.96. The van der Waals surface area contributed by atoms with Crippen LogP contribution >= 0.6 is 23.2 Å². The first-order valence-corrected chi connectivity index (χ1v) is 3.88. The summed E-state index contributed by atoms with van der Waals surface area (Å²) < 4.78 is 0. The third-order valence-corrected chi connectivity index (χ3v) is 2.19.